The first-order valence-corrected chi connectivity index (χ1v) is 9.95. The van der Waals surface area contributed by atoms with Gasteiger partial charge in [-0.05, 0) is 17.7 Å². The van der Waals surface area contributed by atoms with E-state index in [1.165, 1.54) is 0 Å². The molecule has 0 saturated heterocycles. The van der Waals surface area contributed by atoms with Crippen LogP contribution in [0.2, 0.25) is 0 Å². The zero-order valence-corrected chi connectivity index (χ0v) is 16.0. The van der Waals surface area contributed by atoms with Crippen LogP contribution in [-0.2, 0) is 22.0 Å². The van der Waals surface area contributed by atoms with Crippen molar-refractivity contribution in [2.45, 2.75) is 37.6 Å². The Labute approximate surface area is 154 Å². The minimum atomic E-state index is -3.69. The van der Waals surface area contributed by atoms with E-state index in [0.29, 0.717) is 5.69 Å². The molecule has 1 aromatic heterocycles. The van der Waals surface area contributed by atoms with Gasteiger partial charge in [-0.3, -0.25) is 0 Å². The van der Waals surface area contributed by atoms with E-state index in [0.717, 1.165) is 11.3 Å². The lowest BCUT2D eigenvalue weighted by molar-refractivity contribution is 0.539. The fourth-order valence-electron chi connectivity index (χ4n) is 2.64. The van der Waals surface area contributed by atoms with Crippen molar-refractivity contribution >= 4 is 10.0 Å². The van der Waals surface area contributed by atoms with Crippen LogP contribution in [0.3, 0.4) is 0 Å². The van der Waals surface area contributed by atoms with Gasteiger partial charge in [-0.1, -0.05) is 69.3 Å². The molecule has 3 aromatic rings. The number of sulfonamides is 1. The normalized spacial score (nSPS) is 12.3. The van der Waals surface area contributed by atoms with Crippen LogP contribution in [0.5, 0.6) is 0 Å². The SMILES string of the molecule is CC(C)(C)c1nn(-c2ccccc2)cc1S(=O)(=O)NCc1ccccc1. The van der Waals surface area contributed by atoms with Crippen molar-refractivity contribution in [2.75, 3.05) is 0 Å². The minimum Gasteiger partial charge on any atom is -0.239 e. The molecule has 0 spiro atoms. The highest BCUT2D eigenvalue weighted by Gasteiger charge is 2.30. The summed E-state index contributed by atoms with van der Waals surface area (Å²) >= 11 is 0. The second kappa shape index (κ2) is 7.05. The molecule has 6 heteroatoms. The molecule has 1 heterocycles. The van der Waals surface area contributed by atoms with E-state index in [1.54, 1.807) is 10.9 Å². The molecule has 0 aliphatic heterocycles. The van der Waals surface area contributed by atoms with E-state index in [1.807, 2.05) is 81.4 Å². The van der Waals surface area contributed by atoms with Crippen molar-refractivity contribution in [3.8, 4) is 5.69 Å². The van der Waals surface area contributed by atoms with E-state index >= 15 is 0 Å². The summed E-state index contributed by atoms with van der Waals surface area (Å²) in [5.74, 6) is 0. The minimum absolute atomic E-state index is 0.213. The van der Waals surface area contributed by atoms with Gasteiger partial charge in [0.05, 0.1) is 17.6 Å². The van der Waals surface area contributed by atoms with E-state index in [4.69, 9.17) is 0 Å². The molecule has 5 nitrogen and oxygen atoms in total. The lowest BCUT2D eigenvalue weighted by atomic mass is 9.92. The first-order chi connectivity index (χ1) is 12.3. The molecule has 136 valence electrons. The Balaban J connectivity index is 1.98. The Morgan fingerprint density at radius 3 is 2.12 bits per heavy atom. The summed E-state index contributed by atoms with van der Waals surface area (Å²) in [6.07, 6.45) is 1.59. The number of hydrogen-bond acceptors (Lipinski definition) is 3. The van der Waals surface area contributed by atoms with Gasteiger partial charge in [0.15, 0.2) is 0 Å². The zero-order chi connectivity index (χ0) is 18.8. The fraction of sp³-hybridized carbons (Fsp3) is 0.250. The Morgan fingerprint density at radius 2 is 1.54 bits per heavy atom. The zero-order valence-electron chi connectivity index (χ0n) is 15.2. The van der Waals surface area contributed by atoms with Gasteiger partial charge in [-0.15, -0.1) is 0 Å². The number of nitrogens with zero attached hydrogens (tertiary/aromatic N) is 2. The van der Waals surface area contributed by atoms with Crippen LogP contribution < -0.4 is 4.72 Å². The maximum absolute atomic E-state index is 13.0. The fourth-order valence-corrected chi connectivity index (χ4v) is 3.99. The van der Waals surface area contributed by atoms with Gasteiger partial charge in [-0.25, -0.2) is 17.8 Å². The smallest absolute Gasteiger partial charge is 0.239 e. The summed E-state index contributed by atoms with van der Waals surface area (Å²) in [4.78, 5) is 0.213. The lowest BCUT2D eigenvalue weighted by Crippen LogP contribution is -2.26. The molecule has 3 rings (SSSR count). The van der Waals surface area contributed by atoms with E-state index in [9.17, 15) is 8.42 Å². The third-order valence-corrected chi connectivity index (χ3v) is 5.41. The molecular weight excluding hydrogens is 346 g/mol. The average molecular weight is 369 g/mol. The van der Waals surface area contributed by atoms with Gasteiger partial charge in [0.25, 0.3) is 0 Å². The van der Waals surface area contributed by atoms with Crippen LogP contribution >= 0.6 is 0 Å². The summed E-state index contributed by atoms with van der Waals surface area (Å²) in [7, 11) is -3.69. The van der Waals surface area contributed by atoms with Gasteiger partial charge in [0.2, 0.25) is 10.0 Å². The van der Waals surface area contributed by atoms with Crippen molar-refractivity contribution in [1.82, 2.24) is 14.5 Å². The Kier molecular flexibility index (Phi) is 4.98. The first-order valence-electron chi connectivity index (χ1n) is 8.46. The van der Waals surface area contributed by atoms with Crippen LogP contribution in [0.25, 0.3) is 5.69 Å². The summed E-state index contributed by atoms with van der Waals surface area (Å²) in [5.41, 5.74) is 1.87. The molecule has 0 aliphatic carbocycles. The molecule has 0 amide bonds. The molecule has 0 fully saturated rings. The molecule has 26 heavy (non-hydrogen) atoms. The van der Waals surface area contributed by atoms with Gasteiger partial charge in [-0.2, -0.15) is 5.10 Å². The number of nitrogens with one attached hydrogen (secondary N) is 1. The second-order valence-electron chi connectivity index (χ2n) is 7.18. The third kappa shape index (κ3) is 4.03. The lowest BCUT2D eigenvalue weighted by Gasteiger charge is -2.17. The van der Waals surface area contributed by atoms with Gasteiger partial charge >= 0.3 is 0 Å². The molecule has 0 radical (unpaired) electrons. The number of hydrogen-bond donors (Lipinski definition) is 1. The van der Waals surface area contributed by atoms with Gasteiger partial charge in [0.1, 0.15) is 4.90 Å². The molecule has 0 unspecified atom stereocenters. The van der Waals surface area contributed by atoms with Crippen molar-refractivity contribution in [3.63, 3.8) is 0 Å². The molecule has 0 bridgehead atoms. The number of benzene rings is 2. The van der Waals surface area contributed by atoms with Crippen molar-refractivity contribution in [1.29, 1.82) is 0 Å². The van der Waals surface area contributed by atoms with Crippen molar-refractivity contribution < 1.29 is 8.42 Å². The van der Waals surface area contributed by atoms with Crippen LogP contribution in [0.15, 0.2) is 71.8 Å². The third-order valence-electron chi connectivity index (χ3n) is 4.01. The predicted octanol–water partition coefficient (Wildman–Crippen LogP) is 3.65. The monoisotopic (exact) mass is 369 g/mol. The Bertz CT molecular complexity index is 973. The first kappa shape index (κ1) is 18.4. The average Bonchev–Trinajstić information content (AvgIpc) is 3.09. The van der Waals surface area contributed by atoms with Crippen LogP contribution in [-0.4, -0.2) is 18.2 Å². The summed E-state index contributed by atoms with van der Waals surface area (Å²) < 4.78 is 30.2. The van der Waals surface area contributed by atoms with Crippen LogP contribution in [0, 0.1) is 0 Å². The highest BCUT2D eigenvalue weighted by atomic mass is 32.2. The largest absolute Gasteiger partial charge is 0.244 e. The standard InChI is InChI=1S/C20H23N3O2S/c1-20(2,3)19-18(15-23(22-19)17-12-8-5-9-13-17)26(24,25)21-14-16-10-6-4-7-11-16/h4-13,15,21H,14H2,1-3H3. The Hall–Kier alpha value is -2.44. The number of aromatic nitrogens is 2. The van der Waals surface area contributed by atoms with Crippen LogP contribution in [0.1, 0.15) is 32.0 Å². The Morgan fingerprint density at radius 1 is 0.962 bits per heavy atom. The molecule has 2 aromatic carbocycles. The summed E-state index contributed by atoms with van der Waals surface area (Å²) in [5, 5.41) is 4.57. The summed E-state index contributed by atoms with van der Waals surface area (Å²) in [6.45, 7) is 6.12. The molecule has 0 saturated carbocycles. The van der Waals surface area contributed by atoms with Gasteiger partial charge in [0, 0.05) is 12.0 Å². The quantitative estimate of drug-likeness (QED) is 0.747. The van der Waals surface area contributed by atoms with Crippen molar-refractivity contribution in [2.24, 2.45) is 0 Å². The molecular formula is C20H23N3O2S. The maximum Gasteiger partial charge on any atom is 0.244 e. The van der Waals surface area contributed by atoms with E-state index in [2.05, 4.69) is 9.82 Å². The highest BCUT2D eigenvalue weighted by molar-refractivity contribution is 7.89. The molecule has 0 aliphatic rings. The highest BCUT2D eigenvalue weighted by Crippen LogP contribution is 2.28. The number of para-hydroxylation sites is 1. The van der Waals surface area contributed by atoms with E-state index < -0.39 is 15.4 Å². The van der Waals surface area contributed by atoms with Crippen molar-refractivity contribution in [3.05, 3.63) is 78.1 Å². The maximum atomic E-state index is 13.0. The van der Waals surface area contributed by atoms with Crippen LogP contribution in [0.4, 0.5) is 0 Å². The summed E-state index contributed by atoms with van der Waals surface area (Å²) in [6, 6.07) is 19.0. The molecule has 1 N–H and O–H groups in total. The van der Waals surface area contributed by atoms with E-state index in [-0.39, 0.29) is 11.4 Å². The van der Waals surface area contributed by atoms with Gasteiger partial charge < -0.3 is 0 Å². The molecule has 0 atom stereocenters. The second-order valence-corrected chi connectivity index (χ2v) is 8.92. The number of rotatable bonds is 5. The predicted molar refractivity (Wildman–Crippen MR) is 103 cm³/mol. The topological polar surface area (TPSA) is 64.0 Å².